The van der Waals surface area contributed by atoms with Gasteiger partial charge in [0.1, 0.15) is 0 Å². The highest BCUT2D eigenvalue weighted by Gasteiger charge is 2.11. The summed E-state index contributed by atoms with van der Waals surface area (Å²) in [7, 11) is 0. The lowest BCUT2D eigenvalue weighted by atomic mass is 10.1. The van der Waals surface area contributed by atoms with Crippen molar-refractivity contribution < 1.29 is 14.3 Å². The maximum atomic E-state index is 11.4. The molecule has 0 bridgehead atoms. The highest BCUT2D eigenvalue weighted by molar-refractivity contribution is 5.87. The van der Waals surface area contributed by atoms with Crippen LogP contribution in [-0.4, -0.2) is 18.7 Å². The number of rotatable bonds is 11. The molecule has 0 radical (unpaired) electrons. The second kappa shape index (κ2) is 12.0. The van der Waals surface area contributed by atoms with Crippen LogP contribution in [0.4, 0.5) is 0 Å². The van der Waals surface area contributed by atoms with Gasteiger partial charge in [-0.15, -0.1) is 0 Å². The zero-order valence-electron chi connectivity index (χ0n) is 16.4. The Hall–Kier alpha value is -2.49. The standard InChI is InChI=1S/C23H31NO3/c1-19(2)24-23(25)14-12-10-8-6-4-3-5-7-9-11-13-20-15-16-21-22(17-20)27-18-26-21/h8,10-17,19H,3-7,9,18H2,1-2H3,(H,24,25)/b10-8+,13-11+,14-12+. The molecule has 1 heterocycles. The molecule has 27 heavy (non-hydrogen) atoms. The molecule has 0 aliphatic carbocycles. The van der Waals surface area contributed by atoms with Crippen LogP contribution in [0.2, 0.25) is 0 Å². The van der Waals surface area contributed by atoms with E-state index in [1.54, 1.807) is 12.2 Å². The van der Waals surface area contributed by atoms with Gasteiger partial charge in [-0.2, -0.15) is 0 Å². The molecule has 1 aliphatic rings. The summed E-state index contributed by atoms with van der Waals surface area (Å²) in [5.74, 6) is 1.62. The number of fused-ring (bicyclic) bond motifs is 1. The third kappa shape index (κ3) is 8.63. The van der Waals surface area contributed by atoms with Crippen LogP contribution >= 0.6 is 0 Å². The van der Waals surface area contributed by atoms with Crippen LogP contribution in [0.15, 0.2) is 48.6 Å². The largest absolute Gasteiger partial charge is 0.454 e. The summed E-state index contributed by atoms with van der Waals surface area (Å²) in [6, 6.07) is 6.21. The van der Waals surface area contributed by atoms with Crippen LogP contribution in [0.3, 0.4) is 0 Å². The van der Waals surface area contributed by atoms with Gasteiger partial charge < -0.3 is 14.8 Å². The topological polar surface area (TPSA) is 47.6 Å². The third-order valence-corrected chi connectivity index (χ3v) is 4.12. The van der Waals surface area contributed by atoms with Crippen molar-refractivity contribution in [2.45, 2.75) is 58.4 Å². The molecular weight excluding hydrogens is 338 g/mol. The molecule has 0 saturated carbocycles. The van der Waals surface area contributed by atoms with Crippen LogP contribution in [-0.2, 0) is 4.79 Å². The number of hydrogen-bond donors (Lipinski definition) is 1. The Morgan fingerprint density at radius 2 is 1.78 bits per heavy atom. The summed E-state index contributed by atoms with van der Waals surface area (Å²) < 4.78 is 10.7. The van der Waals surface area contributed by atoms with Gasteiger partial charge in [0.05, 0.1) is 0 Å². The van der Waals surface area contributed by atoms with E-state index < -0.39 is 0 Å². The number of carbonyl (C=O) groups is 1. The molecule has 0 unspecified atom stereocenters. The zero-order chi connectivity index (χ0) is 19.3. The van der Waals surface area contributed by atoms with Crippen LogP contribution < -0.4 is 14.8 Å². The first-order chi connectivity index (χ1) is 13.1. The Balaban J connectivity index is 1.48. The summed E-state index contributed by atoms with van der Waals surface area (Å²) >= 11 is 0. The Kier molecular flexibility index (Phi) is 9.25. The molecule has 1 aliphatic heterocycles. The first-order valence-corrected chi connectivity index (χ1v) is 9.85. The Morgan fingerprint density at radius 3 is 2.56 bits per heavy atom. The molecule has 1 aromatic carbocycles. The Bertz CT molecular complexity index is 674. The summed E-state index contributed by atoms with van der Waals surface area (Å²) in [4.78, 5) is 11.4. The molecule has 4 heteroatoms. The van der Waals surface area contributed by atoms with Crippen molar-refractivity contribution in [1.29, 1.82) is 0 Å². The molecule has 1 aromatic rings. The molecule has 0 saturated heterocycles. The quantitative estimate of drug-likeness (QED) is 0.322. The monoisotopic (exact) mass is 369 g/mol. The van der Waals surface area contributed by atoms with E-state index in [1.807, 2.05) is 32.1 Å². The summed E-state index contributed by atoms with van der Waals surface area (Å²) in [5.41, 5.74) is 1.15. The van der Waals surface area contributed by atoms with Gasteiger partial charge in [0.2, 0.25) is 12.7 Å². The molecule has 0 atom stereocenters. The molecule has 0 aromatic heterocycles. The minimum Gasteiger partial charge on any atom is -0.454 e. The fraction of sp³-hybridized carbons (Fsp3) is 0.435. The van der Waals surface area contributed by atoms with E-state index in [9.17, 15) is 4.79 Å². The number of ether oxygens (including phenoxy) is 2. The molecule has 4 nitrogen and oxygen atoms in total. The van der Waals surface area contributed by atoms with Crippen LogP contribution in [0, 0.1) is 0 Å². The van der Waals surface area contributed by atoms with Crippen molar-refractivity contribution in [3.05, 3.63) is 54.1 Å². The van der Waals surface area contributed by atoms with Gasteiger partial charge in [-0.25, -0.2) is 0 Å². The number of hydrogen-bond acceptors (Lipinski definition) is 3. The van der Waals surface area contributed by atoms with E-state index in [2.05, 4.69) is 29.6 Å². The highest BCUT2D eigenvalue weighted by Crippen LogP contribution is 2.32. The predicted molar refractivity (Wildman–Crippen MR) is 111 cm³/mol. The van der Waals surface area contributed by atoms with E-state index >= 15 is 0 Å². The van der Waals surface area contributed by atoms with Crippen molar-refractivity contribution in [3.8, 4) is 11.5 Å². The minimum absolute atomic E-state index is 0.0385. The number of benzene rings is 1. The average molecular weight is 370 g/mol. The average Bonchev–Trinajstić information content (AvgIpc) is 3.09. The normalized spacial score (nSPS) is 13.4. The van der Waals surface area contributed by atoms with Crippen molar-refractivity contribution >= 4 is 12.0 Å². The molecular formula is C23H31NO3. The lowest BCUT2D eigenvalue weighted by Gasteiger charge is -2.03. The summed E-state index contributed by atoms with van der Waals surface area (Å²) in [5, 5.41) is 2.82. The van der Waals surface area contributed by atoms with E-state index in [4.69, 9.17) is 9.47 Å². The van der Waals surface area contributed by atoms with Crippen molar-refractivity contribution in [2.75, 3.05) is 6.79 Å². The number of allylic oxidation sites excluding steroid dienone is 4. The fourth-order valence-corrected chi connectivity index (χ4v) is 2.76. The molecule has 1 amide bonds. The van der Waals surface area contributed by atoms with Crippen LogP contribution in [0.25, 0.3) is 6.08 Å². The smallest absolute Gasteiger partial charge is 0.244 e. The lowest BCUT2D eigenvalue weighted by Crippen LogP contribution is -2.28. The van der Waals surface area contributed by atoms with Gasteiger partial charge in [0, 0.05) is 12.1 Å². The van der Waals surface area contributed by atoms with Crippen LogP contribution in [0.5, 0.6) is 11.5 Å². The molecule has 2 rings (SSSR count). The van der Waals surface area contributed by atoms with Crippen molar-refractivity contribution in [2.24, 2.45) is 0 Å². The number of carbonyl (C=O) groups excluding carboxylic acids is 1. The molecule has 0 spiro atoms. The second-order valence-electron chi connectivity index (χ2n) is 6.96. The van der Waals surface area contributed by atoms with E-state index in [0.29, 0.717) is 6.79 Å². The highest BCUT2D eigenvalue weighted by atomic mass is 16.7. The zero-order valence-corrected chi connectivity index (χ0v) is 16.4. The Morgan fingerprint density at radius 1 is 1.04 bits per heavy atom. The molecule has 146 valence electrons. The van der Waals surface area contributed by atoms with Gasteiger partial charge in [-0.3, -0.25) is 4.79 Å². The van der Waals surface area contributed by atoms with Gasteiger partial charge in [-0.1, -0.05) is 49.3 Å². The summed E-state index contributed by atoms with van der Waals surface area (Å²) in [6.07, 6.45) is 18.9. The molecule has 0 fully saturated rings. The minimum atomic E-state index is -0.0385. The SMILES string of the molecule is CC(C)NC(=O)/C=C/C=C/CCCCCC/C=C/c1ccc2c(c1)OCO2. The number of amides is 1. The van der Waals surface area contributed by atoms with Gasteiger partial charge in [0.25, 0.3) is 0 Å². The molecule has 1 N–H and O–H groups in total. The van der Waals surface area contributed by atoms with Crippen molar-refractivity contribution in [1.82, 2.24) is 5.32 Å². The fourth-order valence-electron chi connectivity index (χ4n) is 2.76. The Labute approximate surface area is 162 Å². The van der Waals surface area contributed by atoms with Crippen molar-refractivity contribution in [3.63, 3.8) is 0 Å². The first kappa shape index (κ1) is 20.8. The first-order valence-electron chi connectivity index (χ1n) is 9.85. The maximum Gasteiger partial charge on any atom is 0.244 e. The van der Waals surface area contributed by atoms with Gasteiger partial charge in [-0.05, 0) is 57.2 Å². The maximum absolute atomic E-state index is 11.4. The number of nitrogens with one attached hydrogen (secondary N) is 1. The summed E-state index contributed by atoms with van der Waals surface area (Å²) in [6.45, 7) is 4.23. The van der Waals surface area contributed by atoms with Gasteiger partial charge >= 0.3 is 0 Å². The lowest BCUT2D eigenvalue weighted by molar-refractivity contribution is -0.116. The second-order valence-corrected chi connectivity index (χ2v) is 6.96. The van der Waals surface area contributed by atoms with E-state index in [1.165, 1.54) is 25.7 Å². The number of unbranched alkanes of at least 4 members (excludes halogenated alkanes) is 5. The van der Waals surface area contributed by atoms with Crippen LogP contribution in [0.1, 0.15) is 57.9 Å². The third-order valence-electron chi connectivity index (χ3n) is 4.12. The predicted octanol–water partition coefficient (Wildman–Crippen LogP) is 5.41. The van der Waals surface area contributed by atoms with E-state index in [0.717, 1.165) is 29.9 Å². The van der Waals surface area contributed by atoms with E-state index in [-0.39, 0.29) is 11.9 Å². The van der Waals surface area contributed by atoms with Gasteiger partial charge in [0.15, 0.2) is 11.5 Å².